The lowest BCUT2D eigenvalue weighted by molar-refractivity contribution is 0.299. The first kappa shape index (κ1) is 25.2. The average molecular weight is 471 g/mol. The molecule has 0 atom stereocenters. The third kappa shape index (κ3) is 7.07. The second kappa shape index (κ2) is 12.7. The Bertz CT molecular complexity index is 1070. The molecule has 2 heteroatoms. The van der Waals surface area contributed by atoms with E-state index in [1.165, 1.54) is 38.5 Å². The molecule has 1 saturated carbocycles. The first-order valence-electron chi connectivity index (χ1n) is 13.5. The van der Waals surface area contributed by atoms with E-state index in [0.717, 1.165) is 52.3 Å². The number of halogens is 1. The van der Waals surface area contributed by atoms with Gasteiger partial charge >= 0.3 is 0 Å². The number of ether oxygens (including phenoxy) is 1. The van der Waals surface area contributed by atoms with Gasteiger partial charge in [-0.1, -0.05) is 93.3 Å². The molecule has 0 aromatic heterocycles. The summed E-state index contributed by atoms with van der Waals surface area (Å²) in [5.74, 6) is 2.07. The maximum absolute atomic E-state index is 15.1. The van der Waals surface area contributed by atoms with Crippen LogP contribution in [0.15, 0.2) is 66.7 Å². The molecule has 0 amide bonds. The zero-order valence-corrected chi connectivity index (χ0v) is 21.3. The fourth-order valence-corrected chi connectivity index (χ4v) is 5.30. The fraction of sp³-hybridized carbons (Fsp3) is 0.394. The summed E-state index contributed by atoms with van der Waals surface area (Å²) in [6, 6.07) is 22.3. The first-order valence-corrected chi connectivity index (χ1v) is 13.5. The van der Waals surface area contributed by atoms with E-state index in [4.69, 9.17) is 4.74 Å². The lowest BCUT2D eigenvalue weighted by atomic mass is 9.76. The van der Waals surface area contributed by atoms with Crippen LogP contribution in [-0.2, 0) is 0 Å². The Hall–Kier alpha value is -2.87. The van der Waals surface area contributed by atoms with Gasteiger partial charge in [0.25, 0.3) is 0 Å². The Morgan fingerprint density at radius 1 is 0.771 bits per heavy atom. The highest BCUT2D eigenvalue weighted by atomic mass is 19.1. The zero-order chi connectivity index (χ0) is 24.5. The molecule has 0 aliphatic heterocycles. The van der Waals surface area contributed by atoms with Gasteiger partial charge in [-0.3, -0.25) is 0 Å². The minimum Gasteiger partial charge on any atom is -0.494 e. The predicted octanol–water partition coefficient (Wildman–Crippen LogP) is 9.92. The summed E-state index contributed by atoms with van der Waals surface area (Å²) in [5.41, 5.74) is 5.16. The van der Waals surface area contributed by atoms with E-state index in [9.17, 15) is 0 Å². The topological polar surface area (TPSA) is 9.23 Å². The highest BCUT2D eigenvalue weighted by Crippen LogP contribution is 2.39. The number of unbranched alkanes of at least 4 members (excludes halogenated alkanes) is 2. The molecule has 1 fully saturated rings. The molecule has 0 unspecified atom stereocenters. The number of hydrogen-bond acceptors (Lipinski definition) is 1. The summed E-state index contributed by atoms with van der Waals surface area (Å²) in [5, 5.41) is 0. The van der Waals surface area contributed by atoms with Crippen LogP contribution in [-0.4, -0.2) is 6.61 Å². The van der Waals surface area contributed by atoms with Gasteiger partial charge in [-0.05, 0) is 90.5 Å². The quantitative estimate of drug-likeness (QED) is 0.212. The second-order valence-electron chi connectivity index (χ2n) is 9.91. The summed E-state index contributed by atoms with van der Waals surface area (Å²) < 4.78 is 20.6. The van der Waals surface area contributed by atoms with Crippen molar-refractivity contribution < 1.29 is 9.13 Å². The second-order valence-corrected chi connectivity index (χ2v) is 9.91. The van der Waals surface area contributed by atoms with E-state index in [0.29, 0.717) is 12.5 Å². The molecule has 0 N–H and O–H groups in total. The van der Waals surface area contributed by atoms with Gasteiger partial charge < -0.3 is 4.74 Å². The smallest absolute Gasteiger partial charge is 0.127 e. The van der Waals surface area contributed by atoms with Crippen molar-refractivity contribution in [2.45, 2.75) is 71.1 Å². The summed E-state index contributed by atoms with van der Waals surface area (Å²) in [7, 11) is 0. The van der Waals surface area contributed by atoms with Crippen LogP contribution in [0.3, 0.4) is 0 Å². The molecule has 184 valence electrons. The fourth-order valence-electron chi connectivity index (χ4n) is 5.30. The summed E-state index contributed by atoms with van der Waals surface area (Å²) in [6.07, 6.45) is 14.3. The van der Waals surface area contributed by atoms with E-state index in [2.05, 4.69) is 61.5 Å². The normalized spacial score (nSPS) is 18.1. The summed E-state index contributed by atoms with van der Waals surface area (Å²) in [6.45, 7) is 4.93. The van der Waals surface area contributed by atoms with Gasteiger partial charge in [0.15, 0.2) is 0 Å². The standard InChI is InChI=1S/C33H39FO/c1-3-5-6-7-25-12-18-29(19-13-25)32-23-20-30(24-33(32)34)28-16-10-26(11-17-28)8-9-27-14-21-31(22-15-27)35-4-2/h8-11,14-17,20-25,29H,3-7,12-13,18-19H2,1-2H3/b9-8+/t25-,29-. The van der Waals surface area contributed by atoms with Crippen molar-refractivity contribution in [1.82, 2.24) is 0 Å². The highest BCUT2D eigenvalue weighted by Gasteiger charge is 2.24. The molecule has 3 aromatic carbocycles. The van der Waals surface area contributed by atoms with Crippen LogP contribution in [0.5, 0.6) is 5.75 Å². The minimum atomic E-state index is -0.0450. The van der Waals surface area contributed by atoms with E-state index in [1.807, 2.05) is 25.1 Å². The predicted molar refractivity (Wildman–Crippen MR) is 147 cm³/mol. The van der Waals surface area contributed by atoms with Crippen LogP contribution in [0, 0.1) is 11.7 Å². The van der Waals surface area contributed by atoms with Gasteiger partial charge in [0.05, 0.1) is 6.61 Å². The van der Waals surface area contributed by atoms with Crippen molar-refractivity contribution in [1.29, 1.82) is 0 Å². The largest absolute Gasteiger partial charge is 0.494 e. The lowest BCUT2D eigenvalue weighted by Crippen LogP contribution is -2.14. The van der Waals surface area contributed by atoms with Crippen LogP contribution in [0.2, 0.25) is 0 Å². The molecular formula is C33H39FO. The SMILES string of the molecule is CCCCC[C@H]1CC[C@H](c2ccc(-c3ccc(/C=C/c4ccc(OCC)cc4)cc3)cc2F)CC1. The van der Waals surface area contributed by atoms with Crippen molar-refractivity contribution in [2.75, 3.05) is 6.61 Å². The van der Waals surface area contributed by atoms with Crippen molar-refractivity contribution in [3.63, 3.8) is 0 Å². The molecular weight excluding hydrogens is 431 g/mol. The molecule has 4 rings (SSSR count). The third-order valence-electron chi connectivity index (χ3n) is 7.41. The van der Waals surface area contributed by atoms with Gasteiger partial charge in [-0.2, -0.15) is 0 Å². The van der Waals surface area contributed by atoms with Crippen molar-refractivity contribution >= 4 is 12.2 Å². The Balaban J connectivity index is 1.35. The maximum atomic E-state index is 15.1. The Morgan fingerprint density at radius 2 is 1.40 bits per heavy atom. The van der Waals surface area contributed by atoms with Gasteiger partial charge in [0, 0.05) is 0 Å². The van der Waals surface area contributed by atoms with Crippen molar-refractivity contribution in [3.8, 4) is 16.9 Å². The van der Waals surface area contributed by atoms with E-state index >= 15 is 4.39 Å². The molecule has 3 aromatic rings. The Morgan fingerprint density at radius 3 is 2.00 bits per heavy atom. The molecule has 0 bridgehead atoms. The van der Waals surface area contributed by atoms with Crippen molar-refractivity contribution in [2.24, 2.45) is 5.92 Å². The molecule has 0 saturated heterocycles. The minimum absolute atomic E-state index is 0.0450. The van der Waals surface area contributed by atoms with Crippen LogP contribution >= 0.6 is 0 Å². The zero-order valence-electron chi connectivity index (χ0n) is 21.3. The van der Waals surface area contributed by atoms with Crippen LogP contribution in [0.1, 0.15) is 87.8 Å². The molecule has 35 heavy (non-hydrogen) atoms. The average Bonchev–Trinajstić information content (AvgIpc) is 2.89. The molecule has 1 nitrogen and oxygen atoms in total. The molecule has 0 spiro atoms. The van der Waals surface area contributed by atoms with E-state index < -0.39 is 0 Å². The lowest BCUT2D eigenvalue weighted by Gasteiger charge is -2.29. The Labute approximate surface area is 211 Å². The summed E-state index contributed by atoms with van der Waals surface area (Å²) >= 11 is 0. The Kier molecular flexibility index (Phi) is 9.17. The number of benzene rings is 3. The van der Waals surface area contributed by atoms with Gasteiger partial charge in [0.1, 0.15) is 11.6 Å². The number of rotatable bonds is 10. The monoisotopic (exact) mass is 470 g/mol. The third-order valence-corrected chi connectivity index (χ3v) is 7.41. The maximum Gasteiger partial charge on any atom is 0.127 e. The molecule has 1 aliphatic rings. The molecule has 0 radical (unpaired) electrons. The van der Waals surface area contributed by atoms with Crippen LogP contribution in [0.25, 0.3) is 23.3 Å². The van der Waals surface area contributed by atoms with Gasteiger partial charge in [0.2, 0.25) is 0 Å². The summed E-state index contributed by atoms with van der Waals surface area (Å²) in [4.78, 5) is 0. The van der Waals surface area contributed by atoms with E-state index in [-0.39, 0.29) is 5.82 Å². The molecule has 1 aliphatic carbocycles. The van der Waals surface area contributed by atoms with E-state index in [1.54, 1.807) is 6.07 Å². The van der Waals surface area contributed by atoms with Crippen LogP contribution in [0.4, 0.5) is 4.39 Å². The van der Waals surface area contributed by atoms with Gasteiger partial charge in [-0.25, -0.2) is 4.39 Å². The molecule has 0 heterocycles. The van der Waals surface area contributed by atoms with Gasteiger partial charge in [-0.15, -0.1) is 0 Å². The highest BCUT2D eigenvalue weighted by molar-refractivity contribution is 5.72. The van der Waals surface area contributed by atoms with Crippen molar-refractivity contribution in [3.05, 3.63) is 89.2 Å². The number of hydrogen-bond donors (Lipinski definition) is 0. The van der Waals surface area contributed by atoms with Crippen LogP contribution < -0.4 is 4.74 Å². The first-order chi connectivity index (χ1) is 17.2.